The van der Waals surface area contributed by atoms with Gasteiger partial charge in [-0.3, -0.25) is 24.6 Å². The van der Waals surface area contributed by atoms with Crippen LogP contribution in [0.4, 0.5) is 5.69 Å². The van der Waals surface area contributed by atoms with Crippen LogP contribution in [0.1, 0.15) is 10.4 Å². The molecule has 3 rings (SSSR count). The second kappa shape index (κ2) is 5.80. The van der Waals surface area contributed by atoms with Crippen molar-refractivity contribution >= 4 is 22.4 Å². The number of fused-ring (bicyclic) bond motifs is 1. The molecule has 7 heteroatoms. The molecular formula is C16H13N3O4. The third-order valence-electron chi connectivity index (χ3n) is 3.41. The monoisotopic (exact) mass is 311 g/mol. The first kappa shape index (κ1) is 14.6. The lowest BCUT2D eigenvalue weighted by Gasteiger charge is -2.08. The molecule has 1 amide bonds. The fourth-order valence-corrected chi connectivity index (χ4v) is 2.29. The number of amides is 1. The summed E-state index contributed by atoms with van der Waals surface area (Å²) in [4.78, 5) is 36.1. The van der Waals surface area contributed by atoms with Gasteiger partial charge in [0, 0.05) is 5.56 Å². The zero-order chi connectivity index (χ0) is 16.4. The van der Waals surface area contributed by atoms with Gasteiger partial charge in [-0.15, -0.1) is 0 Å². The van der Waals surface area contributed by atoms with Crippen molar-refractivity contribution in [2.75, 3.05) is 12.4 Å². The summed E-state index contributed by atoms with van der Waals surface area (Å²) in [7, 11) is 1.51. The fourth-order valence-electron chi connectivity index (χ4n) is 2.29. The number of ether oxygens (including phenoxy) is 1. The molecule has 3 N–H and O–H groups in total. The summed E-state index contributed by atoms with van der Waals surface area (Å²) in [5.41, 5.74) is -0.275. The Morgan fingerprint density at radius 2 is 1.78 bits per heavy atom. The van der Waals surface area contributed by atoms with Gasteiger partial charge in [-0.25, -0.2) is 0 Å². The minimum absolute atomic E-state index is 0.132. The van der Waals surface area contributed by atoms with Gasteiger partial charge in [0.25, 0.3) is 17.0 Å². The highest BCUT2D eigenvalue weighted by atomic mass is 16.5. The van der Waals surface area contributed by atoms with Crippen LogP contribution in [-0.4, -0.2) is 23.2 Å². The molecule has 1 aromatic heterocycles. The molecule has 3 aromatic rings. The van der Waals surface area contributed by atoms with Gasteiger partial charge in [-0.1, -0.05) is 12.1 Å². The molecule has 0 fully saturated rings. The van der Waals surface area contributed by atoms with Crippen molar-refractivity contribution in [2.24, 2.45) is 0 Å². The molecule has 0 unspecified atom stereocenters. The number of anilines is 1. The number of carbonyl (C=O) groups excluding carboxylic acids is 1. The minimum Gasteiger partial charge on any atom is -0.497 e. The highest BCUT2D eigenvalue weighted by molar-refractivity contribution is 6.08. The third-order valence-corrected chi connectivity index (χ3v) is 3.41. The molecule has 0 radical (unpaired) electrons. The first-order chi connectivity index (χ1) is 11.1. The predicted molar refractivity (Wildman–Crippen MR) is 86.1 cm³/mol. The summed E-state index contributed by atoms with van der Waals surface area (Å²) >= 11 is 0. The molecule has 1 heterocycles. The van der Waals surface area contributed by atoms with E-state index in [-0.39, 0.29) is 16.5 Å². The lowest BCUT2D eigenvalue weighted by Crippen LogP contribution is -2.21. The van der Waals surface area contributed by atoms with Crippen molar-refractivity contribution in [3.05, 3.63) is 68.7 Å². The minimum atomic E-state index is -0.485. The maximum atomic E-state index is 12.4. The van der Waals surface area contributed by atoms with E-state index in [0.717, 1.165) is 0 Å². The number of aromatic amines is 2. The first-order valence-electron chi connectivity index (χ1n) is 6.79. The molecule has 0 saturated carbocycles. The molecule has 116 valence electrons. The standard InChI is InChI=1S/C16H13N3O4/c1-23-10-5-2-4-9(8-10)14(20)17-12-7-3-6-11-13(12)16(22)19-18-15(11)21/h2-8H,1H3,(H,17,20)(H,18,21)(H,19,22). The number of methoxy groups -OCH3 is 1. The van der Waals surface area contributed by atoms with Crippen molar-refractivity contribution in [2.45, 2.75) is 0 Å². The number of hydrogen-bond acceptors (Lipinski definition) is 4. The molecular weight excluding hydrogens is 298 g/mol. The molecule has 2 aromatic carbocycles. The Kier molecular flexibility index (Phi) is 3.68. The largest absolute Gasteiger partial charge is 0.497 e. The smallest absolute Gasteiger partial charge is 0.272 e. The van der Waals surface area contributed by atoms with E-state index in [0.29, 0.717) is 11.3 Å². The normalized spacial score (nSPS) is 10.5. The van der Waals surface area contributed by atoms with Crippen molar-refractivity contribution in [1.82, 2.24) is 10.2 Å². The van der Waals surface area contributed by atoms with Crippen molar-refractivity contribution in [1.29, 1.82) is 0 Å². The molecule has 0 aliphatic heterocycles. The first-order valence-corrected chi connectivity index (χ1v) is 6.79. The summed E-state index contributed by atoms with van der Waals surface area (Å²) in [6, 6.07) is 11.3. The number of rotatable bonds is 3. The predicted octanol–water partition coefficient (Wildman–Crippen LogP) is 1.48. The lowest BCUT2D eigenvalue weighted by atomic mass is 10.1. The van der Waals surface area contributed by atoms with Crippen molar-refractivity contribution in [3.63, 3.8) is 0 Å². The van der Waals surface area contributed by atoms with E-state index >= 15 is 0 Å². The van der Waals surface area contributed by atoms with Crippen LogP contribution in [0.5, 0.6) is 5.75 Å². The number of H-pyrrole nitrogens is 2. The molecule has 23 heavy (non-hydrogen) atoms. The zero-order valence-electron chi connectivity index (χ0n) is 12.2. The summed E-state index contributed by atoms with van der Waals surface area (Å²) in [6.45, 7) is 0. The maximum absolute atomic E-state index is 12.4. The number of nitrogens with one attached hydrogen (secondary N) is 3. The Labute approximate surface area is 129 Å². The van der Waals surface area contributed by atoms with Crippen LogP contribution in [0.15, 0.2) is 52.1 Å². The number of aromatic nitrogens is 2. The van der Waals surface area contributed by atoms with Crippen LogP contribution in [0.25, 0.3) is 10.8 Å². The summed E-state index contributed by atoms with van der Waals surface area (Å²) < 4.78 is 5.08. The molecule has 7 nitrogen and oxygen atoms in total. The highest BCUT2D eigenvalue weighted by Crippen LogP contribution is 2.19. The molecule has 0 spiro atoms. The van der Waals surface area contributed by atoms with Crippen LogP contribution >= 0.6 is 0 Å². The lowest BCUT2D eigenvalue weighted by molar-refractivity contribution is 0.102. The van der Waals surface area contributed by atoms with Crippen LogP contribution in [0.2, 0.25) is 0 Å². The number of benzene rings is 2. The Bertz CT molecular complexity index is 1000. The van der Waals surface area contributed by atoms with E-state index in [4.69, 9.17) is 4.74 Å². The summed E-state index contributed by atoms with van der Waals surface area (Å²) in [5.74, 6) is 0.140. The highest BCUT2D eigenvalue weighted by Gasteiger charge is 2.12. The summed E-state index contributed by atoms with van der Waals surface area (Å²) in [5, 5.41) is 7.49. The average Bonchev–Trinajstić information content (AvgIpc) is 2.58. The van der Waals surface area contributed by atoms with Crippen LogP contribution in [0.3, 0.4) is 0 Å². The van der Waals surface area contributed by atoms with E-state index in [2.05, 4.69) is 15.5 Å². The van der Waals surface area contributed by atoms with Gasteiger partial charge in [-0.2, -0.15) is 0 Å². The third kappa shape index (κ3) is 2.71. The van der Waals surface area contributed by atoms with Gasteiger partial charge in [0.05, 0.1) is 23.6 Å². The Hall–Kier alpha value is -3.35. The second-order valence-electron chi connectivity index (χ2n) is 4.82. The van der Waals surface area contributed by atoms with Crippen molar-refractivity contribution in [3.8, 4) is 5.75 Å². The molecule has 0 bridgehead atoms. The van der Waals surface area contributed by atoms with Gasteiger partial charge in [0.15, 0.2) is 0 Å². The van der Waals surface area contributed by atoms with E-state index in [9.17, 15) is 14.4 Å². The second-order valence-corrected chi connectivity index (χ2v) is 4.82. The Balaban J connectivity index is 2.05. The quantitative estimate of drug-likeness (QED) is 0.681. The van der Waals surface area contributed by atoms with Gasteiger partial charge in [-0.05, 0) is 30.3 Å². The van der Waals surface area contributed by atoms with E-state index in [1.807, 2.05) is 0 Å². The average molecular weight is 311 g/mol. The van der Waals surface area contributed by atoms with Gasteiger partial charge >= 0.3 is 0 Å². The van der Waals surface area contributed by atoms with Crippen LogP contribution in [-0.2, 0) is 0 Å². The Morgan fingerprint density at radius 1 is 1.04 bits per heavy atom. The van der Waals surface area contributed by atoms with E-state index in [1.54, 1.807) is 36.4 Å². The molecule has 0 atom stereocenters. The fraction of sp³-hybridized carbons (Fsp3) is 0.0625. The molecule has 0 aliphatic carbocycles. The number of carbonyl (C=O) groups is 1. The topological polar surface area (TPSA) is 104 Å². The SMILES string of the molecule is COc1cccc(C(=O)Nc2cccc3c(=O)[nH][nH]c(=O)c23)c1. The zero-order valence-corrected chi connectivity index (χ0v) is 12.2. The number of hydrogen-bond donors (Lipinski definition) is 3. The van der Waals surface area contributed by atoms with Crippen molar-refractivity contribution < 1.29 is 9.53 Å². The van der Waals surface area contributed by atoms with E-state index in [1.165, 1.54) is 13.2 Å². The van der Waals surface area contributed by atoms with Gasteiger partial charge in [0.1, 0.15) is 5.75 Å². The van der Waals surface area contributed by atoms with Gasteiger partial charge in [0.2, 0.25) is 0 Å². The van der Waals surface area contributed by atoms with Crippen LogP contribution in [0, 0.1) is 0 Å². The van der Waals surface area contributed by atoms with E-state index < -0.39 is 17.0 Å². The summed E-state index contributed by atoms with van der Waals surface area (Å²) in [6.07, 6.45) is 0. The van der Waals surface area contributed by atoms with Crippen LogP contribution < -0.4 is 21.2 Å². The van der Waals surface area contributed by atoms with Gasteiger partial charge < -0.3 is 10.1 Å². The Morgan fingerprint density at radius 3 is 2.57 bits per heavy atom. The maximum Gasteiger partial charge on any atom is 0.272 e. The molecule has 0 aliphatic rings. The molecule has 0 saturated heterocycles.